The Morgan fingerprint density at radius 1 is 0.833 bits per heavy atom. The normalized spacial score (nSPS) is 11.4. The lowest BCUT2D eigenvalue weighted by Crippen LogP contribution is -2.04. The molecule has 0 bridgehead atoms. The summed E-state index contributed by atoms with van der Waals surface area (Å²) in [5.41, 5.74) is 1.70. The number of alkyl halides is 3. The van der Waals surface area contributed by atoms with Crippen LogP contribution in [0.1, 0.15) is 15.9 Å². The molecule has 1 heterocycles. The minimum atomic E-state index is -4.40. The first-order valence-electron chi connectivity index (χ1n) is 8.77. The van der Waals surface area contributed by atoms with Gasteiger partial charge in [0.25, 0.3) is 5.89 Å². The van der Waals surface area contributed by atoms with Gasteiger partial charge < -0.3 is 9.63 Å². The average Bonchev–Trinajstić information content (AvgIpc) is 3.24. The zero-order valence-corrected chi connectivity index (χ0v) is 15.2. The number of carbonyl (C=O) groups is 1. The van der Waals surface area contributed by atoms with Crippen LogP contribution in [-0.4, -0.2) is 21.2 Å². The van der Waals surface area contributed by atoms with E-state index in [0.29, 0.717) is 28.1 Å². The second-order valence-electron chi connectivity index (χ2n) is 6.46. The summed E-state index contributed by atoms with van der Waals surface area (Å²) in [6, 6.07) is 17.9. The molecule has 0 atom stereocenters. The maximum absolute atomic E-state index is 12.9. The second-order valence-corrected chi connectivity index (χ2v) is 6.46. The Morgan fingerprint density at radius 2 is 1.47 bits per heavy atom. The molecule has 0 saturated carbocycles. The van der Waals surface area contributed by atoms with E-state index in [9.17, 15) is 18.0 Å². The number of hydrogen-bond donors (Lipinski definition) is 1. The molecule has 0 radical (unpaired) electrons. The summed E-state index contributed by atoms with van der Waals surface area (Å²) in [7, 11) is 0. The third kappa shape index (κ3) is 3.93. The zero-order valence-electron chi connectivity index (χ0n) is 15.2. The predicted molar refractivity (Wildman–Crippen MR) is 103 cm³/mol. The molecule has 150 valence electrons. The van der Waals surface area contributed by atoms with Crippen LogP contribution in [0.4, 0.5) is 13.2 Å². The molecule has 4 rings (SSSR count). The van der Waals surface area contributed by atoms with E-state index in [0.717, 1.165) is 12.1 Å². The third-order valence-electron chi connectivity index (χ3n) is 4.47. The van der Waals surface area contributed by atoms with Gasteiger partial charge in [0, 0.05) is 11.1 Å². The number of rotatable bonds is 4. The minimum absolute atomic E-state index is 0.142. The van der Waals surface area contributed by atoms with E-state index in [4.69, 9.17) is 9.63 Å². The topological polar surface area (TPSA) is 76.2 Å². The molecule has 0 spiro atoms. The highest BCUT2D eigenvalue weighted by Gasteiger charge is 2.30. The van der Waals surface area contributed by atoms with Crippen LogP contribution in [0.25, 0.3) is 34.0 Å². The number of benzene rings is 3. The van der Waals surface area contributed by atoms with E-state index in [1.54, 1.807) is 42.5 Å². The van der Waals surface area contributed by atoms with E-state index in [2.05, 4.69) is 10.1 Å². The molecule has 8 heteroatoms. The van der Waals surface area contributed by atoms with Crippen LogP contribution in [0.15, 0.2) is 77.3 Å². The van der Waals surface area contributed by atoms with Gasteiger partial charge in [-0.05, 0) is 47.5 Å². The molecule has 4 aromatic rings. The number of carboxylic acid groups (broad SMARTS) is 1. The first kappa shape index (κ1) is 19.4. The summed E-state index contributed by atoms with van der Waals surface area (Å²) in [5.74, 6) is -0.500. The predicted octanol–water partition coefficient (Wildman–Crippen LogP) is 5.79. The van der Waals surface area contributed by atoms with Gasteiger partial charge in [-0.2, -0.15) is 18.2 Å². The zero-order chi connectivity index (χ0) is 21.3. The Labute approximate surface area is 168 Å². The first-order chi connectivity index (χ1) is 14.3. The molecule has 0 unspecified atom stereocenters. The third-order valence-corrected chi connectivity index (χ3v) is 4.47. The highest BCUT2D eigenvalue weighted by Crippen LogP contribution is 2.32. The Balaban J connectivity index is 1.57. The smallest absolute Gasteiger partial charge is 0.416 e. The molecular formula is C22H13F3N2O3. The fourth-order valence-corrected chi connectivity index (χ4v) is 2.90. The number of halogens is 3. The second kappa shape index (κ2) is 7.47. The van der Waals surface area contributed by atoms with Crippen LogP contribution in [0.5, 0.6) is 0 Å². The maximum atomic E-state index is 12.9. The summed E-state index contributed by atoms with van der Waals surface area (Å²) in [6.07, 6.45) is -4.40. The van der Waals surface area contributed by atoms with E-state index in [-0.39, 0.29) is 11.5 Å². The largest absolute Gasteiger partial charge is 0.478 e. The van der Waals surface area contributed by atoms with Crippen LogP contribution in [0.3, 0.4) is 0 Å². The molecule has 30 heavy (non-hydrogen) atoms. The van der Waals surface area contributed by atoms with Crippen molar-refractivity contribution in [3.63, 3.8) is 0 Å². The SMILES string of the molecule is O=C(O)c1ccc(-c2nc(-c3ccc(-c4cccc(C(F)(F)F)c4)cc3)no2)cc1. The Hall–Kier alpha value is -3.94. The van der Waals surface area contributed by atoms with Crippen LogP contribution < -0.4 is 0 Å². The molecule has 5 nitrogen and oxygen atoms in total. The number of carboxylic acids is 1. The standard InChI is InChI=1S/C22H13F3N2O3/c23-22(24,25)18-3-1-2-17(12-18)13-4-6-14(7-5-13)19-26-20(30-27-19)15-8-10-16(11-9-15)21(28)29/h1-12H,(H,28,29). The summed E-state index contributed by atoms with van der Waals surface area (Å²) < 4.78 is 44.0. The van der Waals surface area contributed by atoms with Gasteiger partial charge >= 0.3 is 12.1 Å². The highest BCUT2D eigenvalue weighted by molar-refractivity contribution is 5.88. The van der Waals surface area contributed by atoms with Crippen molar-refractivity contribution in [2.24, 2.45) is 0 Å². The lowest BCUT2D eigenvalue weighted by atomic mass is 10.0. The van der Waals surface area contributed by atoms with Gasteiger partial charge in [0.15, 0.2) is 0 Å². The number of hydrogen-bond acceptors (Lipinski definition) is 4. The summed E-state index contributed by atoms with van der Waals surface area (Å²) in [4.78, 5) is 15.2. The lowest BCUT2D eigenvalue weighted by Gasteiger charge is -2.09. The van der Waals surface area contributed by atoms with Gasteiger partial charge in [-0.15, -0.1) is 0 Å². The molecule has 0 saturated heterocycles. The van der Waals surface area contributed by atoms with Crippen LogP contribution in [0.2, 0.25) is 0 Å². The Morgan fingerprint density at radius 3 is 2.10 bits per heavy atom. The number of aromatic carboxylic acids is 1. The molecule has 1 N–H and O–H groups in total. The Kier molecular flexibility index (Phi) is 4.83. The van der Waals surface area contributed by atoms with E-state index >= 15 is 0 Å². The van der Waals surface area contributed by atoms with Crippen LogP contribution in [-0.2, 0) is 6.18 Å². The van der Waals surface area contributed by atoms with Crippen molar-refractivity contribution < 1.29 is 27.6 Å². The van der Waals surface area contributed by atoms with Gasteiger partial charge in [0.2, 0.25) is 5.82 Å². The quantitative estimate of drug-likeness (QED) is 0.461. The molecule has 0 amide bonds. The van der Waals surface area contributed by atoms with Crippen LogP contribution in [0, 0.1) is 0 Å². The van der Waals surface area contributed by atoms with Crippen molar-refractivity contribution >= 4 is 5.97 Å². The van der Waals surface area contributed by atoms with Gasteiger partial charge in [-0.3, -0.25) is 0 Å². The summed E-state index contributed by atoms with van der Waals surface area (Å²) >= 11 is 0. The molecule has 3 aromatic carbocycles. The number of aromatic nitrogens is 2. The molecular weight excluding hydrogens is 397 g/mol. The first-order valence-corrected chi connectivity index (χ1v) is 8.77. The van der Waals surface area contributed by atoms with Gasteiger partial charge in [0.05, 0.1) is 11.1 Å². The van der Waals surface area contributed by atoms with Crippen molar-refractivity contribution in [1.82, 2.24) is 10.1 Å². The van der Waals surface area contributed by atoms with Crippen molar-refractivity contribution in [2.45, 2.75) is 6.18 Å². The van der Waals surface area contributed by atoms with Crippen molar-refractivity contribution in [3.8, 4) is 34.0 Å². The monoisotopic (exact) mass is 410 g/mol. The Bertz CT molecular complexity index is 1200. The van der Waals surface area contributed by atoms with Crippen molar-refractivity contribution in [3.05, 3.63) is 83.9 Å². The van der Waals surface area contributed by atoms with Crippen molar-refractivity contribution in [1.29, 1.82) is 0 Å². The highest BCUT2D eigenvalue weighted by atomic mass is 19.4. The average molecular weight is 410 g/mol. The maximum Gasteiger partial charge on any atom is 0.416 e. The van der Waals surface area contributed by atoms with Gasteiger partial charge in [-0.1, -0.05) is 41.6 Å². The van der Waals surface area contributed by atoms with Gasteiger partial charge in [0.1, 0.15) is 0 Å². The van der Waals surface area contributed by atoms with E-state index in [1.807, 2.05) is 0 Å². The minimum Gasteiger partial charge on any atom is -0.478 e. The van der Waals surface area contributed by atoms with Crippen LogP contribution >= 0.6 is 0 Å². The van der Waals surface area contributed by atoms with Gasteiger partial charge in [-0.25, -0.2) is 4.79 Å². The molecule has 0 aliphatic carbocycles. The molecule has 1 aromatic heterocycles. The van der Waals surface area contributed by atoms with E-state index < -0.39 is 17.7 Å². The van der Waals surface area contributed by atoms with E-state index in [1.165, 1.54) is 18.2 Å². The molecule has 0 aliphatic rings. The number of nitrogens with zero attached hydrogens (tertiary/aromatic N) is 2. The lowest BCUT2D eigenvalue weighted by molar-refractivity contribution is -0.137. The molecule has 0 aliphatic heterocycles. The van der Waals surface area contributed by atoms with Crippen molar-refractivity contribution in [2.75, 3.05) is 0 Å². The summed E-state index contributed by atoms with van der Waals surface area (Å²) in [6.45, 7) is 0. The summed E-state index contributed by atoms with van der Waals surface area (Å²) in [5, 5.41) is 12.9. The fourth-order valence-electron chi connectivity index (χ4n) is 2.90. The molecule has 0 fully saturated rings. The fraction of sp³-hybridized carbons (Fsp3) is 0.0455.